The van der Waals surface area contributed by atoms with E-state index in [9.17, 15) is 14.4 Å². The molecule has 118 valence electrons. The predicted molar refractivity (Wildman–Crippen MR) is 81.6 cm³/mol. The van der Waals surface area contributed by atoms with Gasteiger partial charge in [-0.25, -0.2) is 0 Å². The first-order valence-corrected chi connectivity index (χ1v) is 7.33. The Labute approximate surface area is 129 Å². The lowest BCUT2D eigenvalue weighted by Gasteiger charge is -2.29. The Balaban J connectivity index is 1.90. The van der Waals surface area contributed by atoms with E-state index in [0.29, 0.717) is 19.4 Å². The van der Waals surface area contributed by atoms with Crippen molar-refractivity contribution >= 4 is 23.5 Å². The van der Waals surface area contributed by atoms with E-state index in [-0.39, 0.29) is 24.8 Å². The molecule has 1 aromatic rings. The van der Waals surface area contributed by atoms with Crippen LogP contribution in [0.1, 0.15) is 24.8 Å². The standard InChI is InChI=1S/C16H20N2O4/c1-17(11-16(21)22)14(19)7-4-10-18-13-6-3-2-5-12(13)8-9-15(18)20/h2-3,5-6H,4,7-11H2,1H3,(H,21,22). The molecule has 0 saturated heterocycles. The van der Waals surface area contributed by atoms with Crippen LogP contribution >= 0.6 is 0 Å². The number of fused-ring (bicyclic) bond motifs is 1. The molecule has 6 nitrogen and oxygen atoms in total. The molecule has 0 unspecified atom stereocenters. The first-order valence-electron chi connectivity index (χ1n) is 7.33. The van der Waals surface area contributed by atoms with Crippen molar-refractivity contribution in [1.29, 1.82) is 0 Å². The van der Waals surface area contributed by atoms with Gasteiger partial charge in [0.25, 0.3) is 0 Å². The van der Waals surface area contributed by atoms with E-state index in [0.717, 1.165) is 17.7 Å². The number of para-hydroxylation sites is 1. The van der Waals surface area contributed by atoms with Crippen molar-refractivity contribution in [3.8, 4) is 0 Å². The maximum absolute atomic E-state index is 12.1. The summed E-state index contributed by atoms with van der Waals surface area (Å²) in [6.07, 6.45) is 1.99. The van der Waals surface area contributed by atoms with Gasteiger partial charge in [0, 0.05) is 32.1 Å². The van der Waals surface area contributed by atoms with E-state index in [1.807, 2.05) is 24.3 Å². The summed E-state index contributed by atoms with van der Waals surface area (Å²) in [6, 6.07) is 7.79. The van der Waals surface area contributed by atoms with Crippen molar-refractivity contribution in [2.75, 3.05) is 25.0 Å². The Bertz CT molecular complexity index is 585. The van der Waals surface area contributed by atoms with Crippen LogP contribution in [0.2, 0.25) is 0 Å². The van der Waals surface area contributed by atoms with Crippen LogP contribution in [0, 0.1) is 0 Å². The van der Waals surface area contributed by atoms with E-state index in [4.69, 9.17) is 5.11 Å². The highest BCUT2D eigenvalue weighted by atomic mass is 16.4. The SMILES string of the molecule is CN(CC(=O)O)C(=O)CCCN1C(=O)CCc2ccccc21. The van der Waals surface area contributed by atoms with E-state index < -0.39 is 5.97 Å². The minimum absolute atomic E-state index is 0.0741. The van der Waals surface area contributed by atoms with Crippen LogP contribution in [-0.4, -0.2) is 47.9 Å². The lowest BCUT2D eigenvalue weighted by Crippen LogP contribution is -2.37. The van der Waals surface area contributed by atoms with Gasteiger partial charge in [0.05, 0.1) is 0 Å². The van der Waals surface area contributed by atoms with Gasteiger partial charge in [0.15, 0.2) is 0 Å². The molecule has 0 atom stereocenters. The summed E-state index contributed by atoms with van der Waals surface area (Å²) in [5.74, 6) is -1.18. The van der Waals surface area contributed by atoms with Crippen LogP contribution in [-0.2, 0) is 20.8 Å². The van der Waals surface area contributed by atoms with Gasteiger partial charge in [0.1, 0.15) is 6.54 Å². The molecule has 0 saturated carbocycles. The third-order valence-electron chi connectivity index (χ3n) is 3.76. The number of nitrogens with zero attached hydrogens (tertiary/aromatic N) is 2. The zero-order chi connectivity index (χ0) is 16.1. The van der Waals surface area contributed by atoms with Gasteiger partial charge >= 0.3 is 5.97 Å². The maximum Gasteiger partial charge on any atom is 0.323 e. The molecule has 0 spiro atoms. The summed E-state index contributed by atoms with van der Waals surface area (Å²) in [6.45, 7) is 0.173. The number of anilines is 1. The van der Waals surface area contributed by atoms with Gasteiger partial charge < -0.3 is 14.9 Å². The highest BCUT2D eigenvalue weighted by molar-refractivity contribution is 5.96. The predicted octanol–water partition coefficient (Wildman–Crippen LogP) is 1.29. The molecule has 0 aliphatic carbocycles. The fraction of sp³-hybridized carbons (Fsp3) is 0.438. The second-order valence-corrected chi connectivity index (χ2v) is 5.42. The van der Waals surface area contributed by atoms with Crippen LogP contribution < -0.4 is 4.90 Å². The largest absolute Gasteiger partial charge is 0.480 e. The number of aryl methyl sites for hydroxylation is 1. The van der Waals surface area contributed by atoms with Crippen molar-refractivity contribution < 1.29 is 19.5 Å². The van der Waals surface area contributed by atoms with Gasteiger partial charge in [0.2, 0.25) is 11.8 Å². The van der Waals surface area contributed by atoms with Gasteiger partial charge in [-0.05, 0) is 24.5 Å². The lowest BCUT2D eigenvalue weighted by atomic mass is 10.0. The lowest BCUT2D eigenvalue weighted by molar-refractivity contribution is -0.143. The quantitative estimate of drug-likeness (QED) is 0.859. The molecule has 6 heteroatoms. The first kappa shape index (κ1) is 16.0. The zero-order valence-electron chi connectivity index (χ0n) is 12.6. The third-order valence-corrected chi connectivity index (χ3v) is 3.76. The number of likely N-dealkylation sites (N-methyl/N-ethyl adjacent to an activating group) is 1. The summed E-state index contributed by atoms with van der Waals surface area (Å²) in [7, 11) is 1.47. The van der Waals surface area contributed by atoms with Crippen molar-refractivity contribution in [3.05, 3.63) is 29.8 Å². The van der Waals surface area contributed by atoms with Crippen LogP contribution in [0.5, 0.6) is 0 Å². The number of carboxylic acid groups (broad SMARTS) is 1. The van der Waals surface area contributed by atoms with E-state index in [2.05, 4.69) is 0 Å². The molecule has 1 aliphatic heterocycles. The molecule has 22 heavy (non-hydrogen) atoms. The topological polar surface area (TPSA) is 77.9 Å². The van der Waals surface area contributed by atoms with Crippen LogP contribution in [0.4, 0.5) is 5.69 Å². The molecular weight excluding hydrogens is 284 g/mol. The minimum atomic E-state index is -1.03. The molecule has 1 heterocycles. The molecule has 1 aliphatic rings. The second kappa shape index (κ2) is 7.06. The molecule has 2 amide bonds. The summed E-state index contributed by atoms with van der Waals surface area (Å²) in [5, 5.41) is 8.66. The number of rotatable bonds is 6. The monoisotopic (exact) mass is 304 g/mol. The molecular formula is C16H20N2O4. The molecule has 1 aromatic carbocycles. The number of carbonyl (C=O) groups is 3. The van der Waals surface area contributed by atoms with Crippen molar-refractivity contribution in [3.63, 3.8) is 0 Å². The highest BCUT2D eigenvalue weighted by Crippen LogP contribution is 2.27. The molecule has 1 N–H and O–H groups in total. The fourth-order valence-corrected chi connectivity index (χ4v) is 2.61. The minimum Gasteiger partial charge on any atom is -0.480 e. The number of hydrogen-bond donors (Lipinski definition) is 1. The Morgan fingerprint density at radius 3 is 2.73 bits per heavy atom. The average Bonchev–Trinajstić information content (AvgIpc) is 2.48. The van der Waals surface area contributed by atoms with E-state index in [1.54, 1.807) is 4.90 Å². The molecule has 0 fully saturated rings. The normalized spacial score (nSPS) is 13.7. The summed E-state index contributed by atoms with van der Waals surface area (Å²) >= 11 is 0. The Morgan fingerprint density at radius 2 is 2.00 bits per heavy atom. The number of amides is 2. The summed E-state index contributed by atoms with van der Waals surface area (Å²) in [4.78, 5) is 37.4. The molecule has 0 bridgehead atoms. The number of carbonyl (C=O) groups excluding carboxylic acids is 2. The molecule has 2 rings (SSSR count). The van der Waals surface area contributed by atoms with Gasteiger partial charge in [-0.15, -0.1) is 0 Å². The first-order chi connectivity index (χ1) is 10.5. The average molecular weight is 304 g/mol. The highest BCUT2D eigenvalue weighted by Gasteiger charge is 2.23. The number of carboxylic acids is 1. The van der Waals surface area contributed by atoms with E-state index in [1.165, 1.54) is 11.9 Å². The maximum atomic E-state index is 12.1. The van der Waals surface area contributed by atoms with Gasteiger partial charge in [-0.3, -0.25) is 14.4 Å². The Kier molecular flexibility index (Phi) is 5.14. The van der Waals surface area contributed by atoms with Crippen molar-refractivity contribution in [1.82, 2.24) is 4.90 Å². The number of benzene rings is 1. The summed E-state index contributed by atoms with van der Waals surface area (Å²) < 4.78 is 0. The second-order valence-electron chi connectivity index (χ2n) is 5.42. The van der Waals surface area contributed by atoms with Crippen LogP contribution in [0.3, 0.4) is 0 Å². The Hall–Kier alpha value is -2.37. The fourth-order valence-electron chi connectivity index (χ4n) is 2.61. The number of hydrogen-bond acceptors (Lipinski definition) is 3. The van der Waals surface area contributed by atoms with Gasteiger partial charge in [-0.1, -0.05) is 18.2 Å². The smallest absolute Gasteiger partial charge is 0.323 e. The molecule has 0 radical (unpaired) electrons. The van der Waals surface area contributed by atoms with E-state index >= 15 is 0 Å². The van der Waals surface area contributed by atoms with Crippen molar-refractivity contribution in [2.45, 2.75) is 25.7 Å². The van der Waals surface area contributed by atoms with Gasteiger partial charge in [-0.2, -0.15) is 0 Å². The zero-order valence-corrected chi connectivity index (χ0v) is 12.6. The third kappa shape index (κ3) is 3.84. The molecule has 0 aromatic heterocycles. The Morgan fingerprint density at radius 1 is 1.27 bits per heavy atom. The number of aliphatic carboxylic acids is 1. The summed E-state index contributed by atoms with van der Waals surface area (Å²) in [5.41, 5.74) is 2.07. The van der Waals surface area contributed by atoms with Crippen molar-refractivity contribution in [2.24, 2.45) is 0 Å². The van der Waals surface area contributed by atoms with Crippen LogP contribution in [0.15, 0.2) is 24.3 Å². The van der Waals surface area contributed by atoms with Crippen LogP contribution in [0.25, 0.3) is 0 Å².